The van der Waals surface area contributed by atoms with Crippen LogP contribution < -0.4 is 10.1 Å². The number of methoxy groups -OCH3 is 1. The Kier molecular flexibility index (Phi) is 6.59. The molecule has 1 fully saturated rings. The maximum atomic E-state index is 13.0. The predicted octanol–water partition coefficient (Wildman–Crippen LogP) is 1.55. The van der Waals surface area contributed by atoms with E-state index in [1.165, 1.54) is 0 Å². The van der Waals surface area contributed by atoms with E-state index in [0.29, 0.717) is 19.5 Å². The highest BCUT2D eigenvalue weighted by Crippen LogP contribution is 2.37. The van der Waals surface area contributed by atoms with Gasteiger partial charge in [-0.05, 0) is 51.0 Å². The zero-order valence-corrected chi connectivity index (χ0v) is 17.8. The number of nitrogens with zero attached hydrogens (tertiary/aromatic N) is 3. The molecule has 7 nitrogen and oxygen atoms in total. The third-order valence-corrected chi connectivity index (χ3v) is 5.73. The second-order valence-corrected chi connectivity index (χ2v) is 8.15. The van der Waals surface area contributed by atoms with Crippen LogP contribution in [0.2, 0.25) is 0 Å². The van der Waals surface area contributed by atoms with Crippen LogP contribution >= 0.6 is 0 Å². The first-order chi connectivity index (χ1) is 13.9. The van der Waals surface area contributed by atoms with Gasteiger partial charge in [0.25, 0.3) is 0 Å². The molecular formula is C22H32N4O3. The average Bonchev–Trinajstić information content (AvgIpc) is 2.99. The average molecular weight is 401 g/mol. The Hall–Kier alpha value is -2.38. The van der Waals surface area contributed by atoms with Crippen molar-refractivity contribution in [2.24, 2.45) is 5.41 Å². The molecule has 1 aromatic carbocycles. The molecule has 2 N–H and O–H groups in total. The van der Waals surface area contributed by atoms with Crippen molar-refractivity contribution in [1.29, 1.82) is 0 Å². The maximum absolute atomic E-state index is 13.0. The van der Waals surface area contributed by atoms with Crippen molar-refractivity contribution in [2.75, 3.05) is 33.4 Å². The molecule has 0 bridgehead atoms. The van der Waals surface area contributed by atoms with Crippen LogP contribution in [0.3, 0.4) is 0 Å². The molecule has 0 spiro atoms. The molecule has 1 atom stereocenters. The highest BCUT2D eigenvalue weighted by Gasteiger charge is 2.50. The molecule has 29 heavy (non-hydrogen) atoms. The Bertz CT molecular complexity index is 842. The van der Waals surface area contributed by atoms with Gasteiger partial charge in [-0.25, -0.2) is 0 Å². The number of aryl methyl sites for hydroxylation is 2. The van der Waals surface area contributed by atoms with Gasteiger partial charge < -0.3 is 15.2 Å². The summed E-state index contributed by atoms with van der Waals surface area (Å²) in [5.74, 6) is 0.798. The van der Waals surface area contributed by atoms with Crippen LogP contribution in [0, 0.1) is 19.3 Å². The number of carbonyl (C=O) groups excluding carboxylic acids is 1. The van der Waals surface area contributed by atoms with E-state index < -0.39 is 5.41 Å². The number of likely N-dealkylation sites (tertiary alicyclic amines) is 1. The second-order valence-electron chi connectivity index (χ2n) is 8.15. The van der Waals surface area contributed by atoms with Crippen LogP contribution in [-0.4, -0.2) is 65.1 Å². The standard InChI is InChI=1S/C22H32N4O3/c1-16-10-17(2)26(24-16)13-18(3)25-14-22(15-25,21(28)23-8-9-27)12-19-6-5-7-20(11-19)29-4/h5-7,10-11,18,27H,8-9,12-15H2,1-4H3,(H,23,28). The topological polar surface area (TPSA) is 79.6 Å². The molecule has 2 aromatic rings. The van der Waals surface area contributed by atoms with E-state index in [1.807, 2.05) is 35.9 Å². The number of aliphatic hydroxyl groups is 1. The fourth-order valence-corrected chi connectivity index (χ4v) is 4.13. The van der Waals surface area contributed by atoms with Gasteiger partial charge in [-0.1, -0.05) is 12.1 Å². The van der Waals surface area contributed by atoms with Crippen molar-refractivity contribution >= 4 is 5.91 Å². The van der Waals surface area contributed by atoms with Gasteiger partial charge >= 0.3 is 0 Å². The minimum Gasteiger partial charge on any atom is -0.497 e. The first kappa shape index (κ1) is 21.3. The van der Waals surface area contributed by atoms with E-state index in [0.717, 1.165) is 29.2 Å². The molecular weight excluding hydrogens is 368 g/mol. The smallest absolute Gasteiger partial charge is 0.229 e. The highest BCUT2D eigenvalue weighted by molar-refractivity contribution is 5.84. The monoisotopic (exact) mass is 400 g/mol. The van der Waals surface area contributed by atoms with E-state index >= 15 is 0 Å². The molecule has 0 radical (unpaired) electrons. The van der Waals surface area contributed by atoms with E-state index in [9.17, 15) is 4.79 Å². The fourth-order valence-electron chi connectivity index (χ4n) is 4.13. The van der Waals surface area contributed by atoms with Crippen LogP contribution in [0.5, 0.6) is 5.75 Å². The van der Waals surface area contributed by atoms with Crippen molar-refractivity contribution in [3.63, 3.8) is 0 Å². The summed E-state index contributed by atoms with van der Waals surface area (Å²) in [5, 5.41) is 16.6. The second kappa shape index (κ2) is 8.97. The lowest BCUT2D eigenvalue weighted by Gasteiger charge is -2.51. The molecule has 1 unspecified atom stereocenters. The summed E-state index contributed by atoms with van der Waals surface area (Å²) < 4.78 is 7.37. The largest absolute Gasteiger partial charge is 0.497 e. The van der Waals surface area contributed by atoms with Crippen LogP contribution in [0.25, 0.3) is 0 Å². The first-order valence-corrected chi connectivity index (χ1v) is 10.1. The Morgan fingerprint density at radius 1 is 1.34 bits per heavy atom. The number of hydrogen-bond acceptors (Lipinski definition) is 5. The number of ether oxygens (including phenoxy) is 1. The fraction of sp³-hybridized carbons (Fsp3) is 0.545. The molecule has 0 aliphatic carbocycles. The van der Waals surface area contributed by atoms with Crippen LogP contribution in [0.4, 0.5) is 0 Å². The number of carbonyl (C=O) groups is 1. The summed E-state index contributed by atoms with van der Waals surface area (Å²) >= 11 is 0. The molecule has 2 heterocycles. The lowest BCUT2D eigenvalue weighted by Crippen LogP contribution is -2.66. The Morgan fingerprint density at radius 2 is 2.10 bits per heavy atom. The molecule has 3 rings (SSSR count). The summed E-state index contributed by atoms with van der Waals surface area (Å²) in [5.41, 5.74) is 2.76. The minimum absolute atomic E-state index is 0.00364. The third-order valence-electron chi connectivity index (χ3n) is 5.73. The highest BCUT2D eigenvalue weighted by atomic mass is 16.5. The number of aromatic nitrogens is 2. The minimum atomic E-state index is -0.495. The number of aliphatic hydroxyl groups excluding tert-OH is 1. The first-order valence-electron chi connectivity index (χ1n) is 10.1. The van der Waals surface area contributed by atoms with Gasteiger partial charge in [-0.2, -0.15) is 5.10 Å². The molecule has 1 saturated heterocycles. The summed E-state index contributed by atoms with van der Waals surface area (Å²) in [4.78, 5) is 15.3. The van der Waals surface area contributed by atoms with Crippen molar-refractivity contribution in [1.82, 2.24) is 20.0 Å². The van der Waals surface area contributed by atoms with Crippen molar-refractivity contribution in [3.05, 3.63) is 47.3 Å². The Morgan fingerprint density at radius 3 is 2.72 bits per heavy atom. The zero-order chi connectivity index (χ0) is 21.0. The van der Waals surface area contributed by atoms with Crippen LogP contribution in [-0.2, 0) is 17.8 Å². The maximum Gasteiger partial charge on any atom is 0.229 e. The zero-order valence-electron chi connectivity index (χ0n) is 17.8. The third kappa shape index (κ3) is 4.79. The van der Waals surface area contributed by atoms with Gasteiger partial charge in [0, 0.05) is 31.4 Å². The Labute approximate surface area is 172 Å². The lowest BCUT2D eigenvalue weighted by molar-refractivity contribution is -0.144. The van der Waals surface area contributed by atoms with Gasteiger partial charge in [0.2, 0.25) is 5.91 Å². The van der Waals surface area contributed by atoms with Gasteiger partial charge in [0.15, 0.2) is 0 Å². The van der Waals surface area contributed by atoms with E-state index in [1.54, 1.807) is 7.11 Å². The number of nitrogens with one attached hydrogen (secondary N) is 1. The molecule has 1 aromatic heterocycles. The van der Waals surface area contributed by atoms with E-state index in [2.05, 4.69) is 35.2 Å². The van der Waals surface area contributed by atoms with Crippen molar-refractivity contribution in [3.8, 4) is 5.75 Å². The van der Waals surface area contributed by atoms with Gasteiger partial charge in [0.05, 0.1) is 31.4 Å². The number of hydrogen-bond donors (Lipinski definition) is 2. The van der Waals surface area contributed by atoms with Gasteiger partial charge in [-0.3, -0.25) is 14.4 Å². The Balaban J connectivity index is 1.71. The molecule has 1 amide bonds. The van der Waals surface area contributed by atoms with E-state index in [-0.39, 0.29) is 25.1 Å². The van der Waals surface area contributed by atoms with Crippen molar-refractivity contribution in [2.45, 2.75) is 39.8 Å². The normalized spacial score (nSPS) is 16.9. The quantitative estimate of drug-likeness (QED) is 0.668. The predicted molar refractivity (Wildman–Crippen MR) is 112 cm³/mol. The van der Waals surface area contributed by atoms with Crippen LogP contribution in [0.1, 0.15) is 23.9 Å². The number of benzene rings is 1. The number of amides is 1. The summed E-state index contributed by atoms with van der Waals surface area (Å²) in [6.07, 6.45) is 0.643. The number of rotatable bonds is 9. The van der Waals surface area contributed by atoms with Crippen molar-refractivity contribution < 1.29 is 14.6 Å². The molecule has 158 valence electrons. The molecule has 1 aliphatic heterocycles. The lowest BCUT2D eigenvalue weighted by atomic mass is 9.73. The van der Waals surface area contributed by atoms with E-state index in [4.69, 9.17) is 9.84 Å². The summed E-state index contributed by atoms with van der Waals surface area (Å²) in [7, 11) is 1.65. The molecule has 7 heteroatoms. The molecule has 0 saturated carbocycles. The van der Waals surface area contributed by atoms with Crippen LogP contribution in [0.15, 0.2) is 30.3 Å². The van der Waals surface area contributed by atoms with Gasteiger partial charge in [-0.15, -0.1) is 0 Å². The SMILES string of the molecule is COc1cccc(CC2(C(=O)NCCO)CN(C(C)Cn3nc(C)cc3C)C2)c1. The molecule has 1 aliphatic rings. The van der Waals surface area contributed by atoms with Gasteiger partial charge in [0.1, 0.15) is 5.75 Å². The summed E-state index contributed by atoms with van der Waals surface area (Å²) in [6.45, 7) is 8.63. The summed E-state index contributed by atoms with van der Waals surface area (Å²) in [6, 6.07) is 10.2.